The zero-order chi connectivity index (χ0) is 28.6. The number of ketones is 1. The molecule has 0 radical (unpaired) electrons. The summed E-state index contributed by atoms with van der Waals surface area (Å²) in [6, 6.07) is 17.0. The fourth-order valence-electron chi connectivity index (χ4n) is 4.57. The van der Waals surface area contributed by atoms with E-state index in [9.17, 15) is 4.79 Å². The molecule has 208 valence electrons. The number of ether oxygens (including phenoxy) is 6. The molecule has 1 N–H and O–H groups in total. The second-order valence-corrected chi connectivity index (χ2v) is 8.72. The van der Waals surface area contributed by atoms with Crippen LogP contribution in [0.2, 0.25) is 0 Å². The molecule has 0 fully saturated rings. The molecule has 1 aliphatic rings. The lowest BCUT2D eigenvalue weighted by molar-refractivity contribution is 0.103. The van der Waals surface area contributed by atoms with Crippen LogP contribution >= 0.6 is 0 Å². The SMILES string of the molecule is COc1cc(C(=O)C2=CC=CC2=C(NCc2ccccc2)c2cc(OC)c(OC)c(OC)c2)cc(OC)c1OC. The summed E-state index contributed by atoms with van der Waals surface area (Å²) in [7, 11) is 9.25. The van der Waals surface area contributed by atoms with Gasteiger partial charge in [0.2, 0.25) is 11.5 Å². The fourth-order valence-corrected chi connectivity index (χ4v) is 4.57. The van der Waals surface area contributed by atoms with Crippen LogP contribution in [0.4, 0.5) is 0 Å². The van der Waals surface area contributed by atoms with Gasteiger partial charge in [-0.05, 0) is 29.8 Å². The third-order valence-electron chi connectivity index (χ3n) is 6.52. The average Bonchev–Trinajstić information content (AvgIpc) is 3.49. The fraction of sp³-hybridized carbons (Fsp3) is 0.219. The van der Waals surface area contributed by atoms with Crippen molar-refractivity contribution >= 4 is 11.5 Å². The first kappa shape index (κ1) is 28.2. The zero-order valence-corrected chi connectivity index (χ0v) is 23.5. The molecular weight excluding hydrogens is 510 g/mol. The lowest BCUT2D eigenvalue weighted by Crippen LogP contribution is -2.16. The van der Waals surface area contributed by atoms with Gasteiger partial charge in [-0.25, -0.2) is 0 Å². The zero-order valence-electron chi connectivity index (χ0n) is 23.5. The van der Waals surface area contributed by atoms with Gasteiger partial charge in [-0.3, -0.25) is 4.79 Å². The van der Waals surface area contributed by atoms with E-state index < -0.39 is 0 Å². The molecular formula is C32H33NO7. The van der Waals surface area contributed by atoms with Gasteiger partial charge >= 0.3 is 0 Å². The predicted molar refractivity (Wildman–Crippen MR) is 154 cm³/mol. The topological polar surface area (TPSA) is 84.5 Å². The minimum Gasteiger partial charge on any atom is -0.493 e. The van der Waals surface area contributed by atoms with Gasteiger partial charge in [0.15, 0.2) is 28.8 Å². The molecule has 1 aliphatic carbocycles. The number of Topliss-reactive ketones (excluding diaryl/α,β-unsaturated/α-hetero) is 1. The molecule has 0 saturated carbocycles. The van der Waals surface area contributed by atoms with Crippen LogP contribution in [-0.4, -0.2) is 48.4 Å². The Hall–Kier alpha value is -4.85. The number of nitrogens with one attached hydrogen (secondary N) is 1. The molecule has 8 nitrogen and oxygen atoms in total. The summed E-state index contributed by atoms with van der Waals surface area (Å²) in [5, 5.41) is 3.55. The highest BCUT2D eigenvalue weighted by Gasteiger charge is 2.26. The smallest absolute Gasteiger partial charge is 0.203 e. The van der Waals surface area contributed by atoms with Crippen LogP contribution in [0, 0.1) is 0 Å². The van der Waals surface area contributed by atoms with Crippen LogP contribution < -0.4 is 33.7 Å². The third kappa shape index (κ3) is 5.61. The molecule has 0 atom stereocenters. The number of carbonyl (C=O) groups is 1. The molecule has 0 aromatic heterocycles. The largest absolute Gasteiger partial charge is 0.493 e. The van der Waals surface area contributed by atoms with Crippen molar-refractivity contribution in [3.8, 4) is 34.5 Å². The molecule has 0 spiro atoms. The van der Waals surface area contributed by atoms with Crippen LogP contribution in [-0.2, 0) is 6.54 Å². The second-order valence-electron chi connectivity index (χ2n) is 8.72. The molecule has 0 bridgehead atoms. The van der Waals surface area contributed by atoms with Gasteiger partial charge < -0.3 is 33.7 Å². The van der Waals surface area contributed by atoms with E-state index in [2.05, 4.69) is 5.32 Å². The molecule has 4 rings (SSSR count). The molecule has 40 heavy (non-hydrogen) atoms. The van der Waals surface area contributed by atoms with E-state index in [1.54, 1.807) is 39.5 Å². The molecule has 0 aliphatic heterocycles. The van der Waals surface area contributed by atoms with Crippen molar-refractivity contribution in [1.82, 2.24) is 5.32 Å². The van der Waals surface area contributed by atoms with E-state index in [1.165, 1.54) is 21.3 Å². The first-order chi connectivity index (χ1) is 19.5. The van der Waals surface area contributed by atoms with Gasteiger partial charge in [0.05, 0.1) is 42.7 Å². The Labute approximate surface area is 234 Å². The summed E-state index contributed by atoms with van der Waals surface area (Å²) in [6.07, 6.45) is 5.55. The van der Waals surface area contributed by atoms with Crippen molar-refractivity contribution in [2.75, 3.05) is 42.7 Å². The van der Waals surface area contributed by atoms with Crippen molar-refractivity contribution in [2.45, 2.75) is 6.54 Å². The quantitative estimate of drug-likeness (QED) is 0.295. The first-order valence-electron chi connectivity index (χ1n) is 12.5. The standard InChI is InChI=1S/C32H33NO7/c1-35-25-15-21(16-26(36-2)31(25)39-5)29(33-19-20-11-8-7-9-12-20)23-13-10-14-24(23)30(34)22-17-27(37-3)32(40-6)28(18-22)38-4/h7-18,33H,19H2,1-6H3. The highest BCUT2D eigenvalue weighted by Crippen LogP contribution is 2.42. The van der Waals surface area contributed by atoms with E-state index in [0.29, 0.717) is 57.8 Å². The molecule has 0 amide bonds. The summed E-state index contributed by atoms with van der Waals surface area (Å²) in [5.74, 6) is 2.49. The number of allylic oxidation sites excluding steroid dienone is 5. The lowest BCUT2D eigenvalue weighted by atomic mass is 9.94. The number of hydrogen-bond acceptors (Lipinski definition) is 8. The number of hydrogen-bond donors (Lipinski definition) is 1. The Morgan fingerprint density at radius 1 is 0.675 bits per heavy atom. The first-order valence-corrected chi connectivity index (χ1v) is 12.5. The Kier molecular flexibility index (Phi) is 9.01. The molecule has 0 saturated heterocycles. The van der Waals surface area contributed by atoms with E-state index in [1.807, 2.05) is 54.6 Å². The van der Waals surface area contributed by atoms with Gasteiger partial charge in [0.25, 0.3) is 0 Å². The summed E-state index contributed by atoms with van der Waals surface area (Å²) >= 11 is 0. The van der Waals surface area contributed by atoms with E-state index >= 15 is 0 Å². The number of benzene rings is 3. The van der Waals surface area contributed by atoms with Crippen molar-refractivity contribution in [3.63, 3.8) is 0 Å². The maximum Gasteiger partial charge on any atom is 0.203 e. The Balaban J connectivity index is 1.85. The van der Waals surface area contributed by atoms with Crippen molar-refractivity contribution < 1.29 is 33.2 Å². The third-order valence-corrected chi connectivity index (χ3v) is 6.52. The van der Waals surface area contributed by atoms with Crippen LogP contribution in [0.15, 0.2) is 84.0 Å². The van der Waals surface area contributed by atoms with E-state index in [0.717, 1.165) is 16.8 Å². The summed E-state index contributed by atoms with van der Waals surface area (Å²) < 4.78 is 33.2. The number of rotatable bonds is 12. The van der Waals surface area contributed by atoms with Gasteiger partial charge in [-0.2, -0.15) is 0 Å². The van der Waals surface area contributed by atoms with Crippen molar-refractivity contribution in [3.05, 3.63) is 101 Å². The molecule has 0 heterocycles. The minimum atomic E-state index is -0.203. The lowest BCUT2D eigenvalue weighted by Gasteiger charge is -2.20. The van der Waals surface area contributed by atoms with E-state index in [-0.39, 0.29) is 5.78 Å². The Morgan fingerprint density at radius 3 is 1.65 bits per heavy atom. The van der Waals surface area contributed by atoms with Gasteiger partial charge in [0, 0.05) is 34.5 Å². The van der Waals surface area contributed by atoms with Crippen LogP contribution in [0.1, 0.15) is 21.5 Å². The predicted octanol–water partition coefficient (Wildman–Crippen LogP) is 5.62. The molecule has 3 aromatic carbocycles. The summed E-state index contributed by atoms with van der Waals surface area (Å²) in [6.45, 7) is 0.524. The van der Waals surface area contributed by atoms with Crippen LogP contribution in [0.5, 0.6) is 34.5 Å². The van der Waals surface area contributed by atoms with Crippen molar-refractivity contribution in [2.24, 2.45) is 0 Å². The van der Waals surface area contributed by atoms with Crippen LogP contribution in [0.3, 0.4) is 0 Å². The Morgan fingerprint density at radius 2 is 1.18 bits per heavy atom. The van der Waals surface area contributed by atoms with Gasteiger partial charge in [-0.1, -0.05) is 48.6 Å². The van der Waals surface area contributed by atoms with E-state index in [4.69, 9.17) is 28.4 Å². The summed E-state index contributed by atoms with van der Waals surface area (Å²) in [5.41, 5.74) is 4.17. The van der Waals surface area contributed by atoms with Crippen molar-refractivity contribution in [1.29, 1.82) is 0 Å². The van der Waals surface area contributed by atoms with Gasteiger partial charge in [0.1, 0.15) is 0 Å². The molecule has 8 heteroatoms. The molecule has 3 aromatic rings. The number of methoxy groups -OCH3 is 6. The average molecular weight is 544 g/mol. The maximum absolute atomic E-state index is 14.0. The normalized spacial score (nSPS) is 13.3. The highest BCUT2D eigenvalue weighted by atomic mass is 16.5. The highest BCUT2D eigenvalue weighted by molar-refractivity contribution is 6.15. The van der Waals surface area contributed by atoms with Crippen LogP contribution in [0.25, 0.3) is 5.70 Å². The second kappa shape index (κ2) is 12.8. The molecule has 0 unspecified atom stereocenters. The summed E-state index contributed by atoms with van der Waals surface area (Å²) in [4.78, 5) is 14.0. The monoisotopic (exact) mass is 543 g/mol. The number of carbonyl (C=O) groups excluding carboxylic acids is 1. The maximum atomic E-state index is 14.0. The Bertz CT molecular complexity index is 1420. The minimum absolute atomic E-state index is 0.203. The van der Waals surface area contributed by atoms with Gasteiger partial charge in [-0.15, -0.1) is 0 Å².